The van der Waals surface area contributed by atoms with Crippen molar-refractivity contribution in [1.82, 2.24) is 15.2 Å². The van der Waals surface area contributed by atoms with Crippen molar-refractivity contribution in [3.8, 4) is 0 Å². The number of carbonyl (C=O) groups excluding carboxylic acids is 1. The first-order valence-corrected chi connectivity index (χ1v) is 9.98. The largest absolute Gasteiger partial charge is 0.434 e. The summed E-state index contributed by atoms with van der Waals surface area (Å²) >= 11 is 3.01. The van der Waals surface area contributed by atoms with Crippen LogP contribution in [0.2, 0.25) is 0 Å². The fourth-order valence-corrected chi connectivity index (χ4v) is 5.68. The highest BCUT2D eigenvalue weighted by Crippen LogP contribution is 2.35. The van der Waals surface area contributed by atoms with Crippen LogP contribution in [0.1, 0.15) is 35.3 Å². The summed E-state index contributed by atoms with van der Waals surface area (Å²) in [5.41, 5.74) is 0. The Kier molecular flexibility index (Phi) is 4.40. The zero-order valence-electron chi connectivity index (χ0n) is 13.8. The van der Waals surface area contributed by atoms with Gasteiger partial charge in [0.1, 0.15) is 0 Å². The third-order valence-corrected chi connectivity index (χ3v) is 7.19. The van der Waals surface area contributed by atoms with E-state index in [4.69, 9.17) is 4.42 Å². The zero-order chi connectivity index (χ0) is 16.7. The van der Waals surface area contributed by atoms with E-state index in [1.54, 1.807) is 6.20 Å². The average molecular weight is 364 g/mol. The number of oxazole rings is 1. The summed E-state index contributed by atoms with van der Waals surface area (Å²) < 4.78 is 6.52. The maximum atomic E-state index is 12.6. The van der Waals surface area contributed by atoms with Crippen molar-refractivity contribution in [2.45, 2.75) is 48.1 Å². The Labute approximate surface area is 149 Å². The first kappa shape index (κ1) is 16.2. The lowest BCUT2D eigenvalue weighted by molar-refractivity contribution is 0.0218. The molecule has 2 aromatic rings. The Morgan fingerprint density at radius 2 is 2.21 bits per heavy atom. The van der Waals surface area contributed by atoms with Gasteiger partial charge in [-0.25, -0.2) is 4.98 Å². The predicted molar refractivity (Wildman–Crippen MR) is 94.7 cm³/mol. The van der Waals surface area contributed by atoms with E-state index in [9.17, 15) is 4.79 Å². The smallest absolute Gasteiger partial charge is 0.261 e. The number of nitrogens with one attached hydrogen (secondary N) is 1. The van der Waals surface area contributed by atoms with E-state index in [-0.39, 0.29) is 11.9 Å². The molecule has 128 valence electrons. The second-order valence-corrected chi connectivity index (χ2v) is 8.92. The van der Waals surface area contributed by atoms with Gasteiger partial charge in [0.2, 0.25) is 0 Å². The van der Waals surface area contributed by atoms with E-state index in [0.29, 0.717) is 17.9 Å². The van der Waals surface area contributed by atoms with E-state index in [1.165, 1.54) is 49.0 Å². The fourth-order valence-electron chi connectivity index (χ4n) is 3.75. The molecule has 0 radical (unpaired) electrons. The molecular weight excluding hydrogens is 342 g/mol. The third-order valence-electron chi connectivity index (χ3n) is 5.08. The van der Waals surface area contributed by atoms with Gasteiger partial charge in [-0.05, 0) is 62.7 Å². The number of fused-ring (bicyclic) bond motifs is 3. The number of piperidine rings is 3. The summed E-state index contributed by atoms with van der Waals surface area (Å²) in [4.78, 5) is 20.0. The van der Waals surface area contributed by atoms with Gasteiger partial charge >= 0.3 is 0 Å². The van der Waals surface area contributed by atoms with Crippen molar-refractivity contribution in [1.29, 1.82) is 0 Å². The van der Waals surface area contributed by atoms with E-state index >= 15 is 0 Å². The Bertz CT molecular complexity index is 732. The lowest BCUT2D eigenvalue weighted by Crippen LogP contribution is -2.62. The van der Waals surface area contributed by atoms with Crippen molar-refractivity contribution in [2.24, 2.45) is 5.92 Å². The number of thiophene rings is 1. The first-order chi connectivity index (χ1) is 11.6. The van der Waals surface area contributed by atoms with Crippen LogP contribution in [0.4, 0.5) is 0 Å². The van der Waals surface area contributed by atoms with Gasteiger partial charge in [0.25, 0.3) is 5.91 Å². The number of aryl methyl sites for hydroxylation is 1. The van der Waals surface area contributed by atoms with Crippen LogP contribution in [-0.4, -0.2) is 41.0 Å². The highest BCUT2D eigenvalue weighted by atomic mass is 32.2. The Morgan fingerprint density at radius 1 is 1.42 bits per heavy atom. The van der Waals surface area contributed by atoms with Crippen molar-refractivity contribution >= 4 is 29.0 Å². The van der Waals surface area contributed by atoms with Gasteiger partial charge in [0.05, 0.1) is 15.3 Å². The summed E-state index contributed by atoms with van der Waals surface area (Å²) in [5, 5.41) is 4.04. The molecule has 2 unspecified atom stereocenters. The van der Waals surface area contributed by atoms with Crippen LogP contribution in [-0.2, 0) is 0 Å². The second-order valence-electron chi connectivity index (χ2n) is 6.53. The van der Waals surface area contributed by atoms with Crippen LogP contribution in [0.15, 0.2) is 32.0 Å². The number of aromatic nitrogens is 1. The van der Waals surface area contributed by atoms with Crippen LogP contribution in [0.25, 0.3) is 0 Å². The molecule has 3 aliphatic rings. The summed E-state index contributed by atoms with van der Waals surface area (Å²) in [6.45, 7) is 6.41. The van der Waals surface area contributed by atoms with E-state index < -0.39 is 0 Å². The zero-order valence-corrected chi connectivity index (χ0v) is 15.5. The molecule has 0 aliphatic carbocycles. The van der Waals surface area contributed by atoms with Gasteiger partial charge < -0.3 is 9.73 Å². The SMILES string of the molecule is Cc1ncc(Sc2ccc(C(=O)NC3C4CCN(CC4)C3C)s2)o1. The Morgan fingerprint density at radius 3 is 2.88 bits per heavy atom. The molecule has 5 heterocycles. The third kappa shape index (κ3) is 3.12. The maximum Gasteiger partial charge on any atom is 0.261 e. The fraction of sp³-hybridized carbons (Fsp3) is 0.529. The molecule has 7 heteroatoms. The molecule has 2 aromatic heterocycles. The quantitative estimate of drug-likeness (QED) is 0.902. The molecule has 1 N–H and O–H groups in total. The summed E-state index contributed by atoms with van der Waals surface area (Å²) in [7, 11) is 0. The molecule has 0 saturated carbocycles. The van der Waals surface area contributed by atoms with Crippen LogP contribution in [0.3, 0.4) is 0 Å². The molecule has 2 bridgehead atoms. The Balaban J connectivity index is 1.41. The molecule has 24 heavy (non-hydrogen) atoms. The molecule has 3 aliphatic heterocycles. The van der Waals surface area contributed by atoms with Crippen LogP contribution >= 0.6 is 23.1 Å². The van der Waals surface area contributed by atoms with Gasteiger partial charge in [-0.1, -0.05) is 0 Å². The minimum atomic E-state index is 0.0474. The maximum absolute atomic E-state index is 12.6. The van der Waals surface area contributed by atoms with Gasteiger partial charge in [-0.15, -0.1) is 11.3 Å². The predicted octanol–water partition coefficient (Wildman–Crippen LogP) is 3.41. The highest BCUT2D eigenvalue weighted by Gasteiger charge is 2.40. The van der Waals surface area contributed by atoms with Crippen molar-refractivity contribution in [3.63, 3.8) is 0 Å². The molecule has 1 amide bonds. The van der Waals surface area contributed by atoms with E-state index in [2.05, 4.69) is 22.1 Å². The molecule has 0 spiro atoms. The van der Waals surface area contributed by atoms with Crippen LogP contribution in [0.5, 0.6) is 0 Å². The molecule has 3 fully saturated rings. The first-order valence-electron chi connectivity index (χ1n) is 8.35. The van der Waals surface area contributed by atoms with Gasteiger partial charge in [-0.2, -0.15) is 0 Å². The lowest BCUT2D eigenvalue weighted by Gasteiger charge is -2.49. The summed E-state index contributed by atoms with van der Waals surface area (Å²) in [5.74, 6) is 1.33. The number of carbonyl (C=O) groups is 1. The molecule has 0 aromatic carbocycles. The van der Waals surface area contributed by atoms with Crippen LogP contribution < -0.4 is 5.32 Å². The minimum absolute atomic E-state index is 0.0474. The minimum Gasteiger partial charge on any atom is -0.434 e. The number of hydrogen-bond acceptors (Lipinski definition) is 6. The molecule has 2 atom stereocenters. The van der Waals surface area contributed by atoms with Crippen LogP contribution in [0, 0.1) is 12.8 Å². The number of nitrogens with zero attached hydrogens (tertiary/aromatic N) is 2. The average Bonchev–Trinajstić information content (AvgIpc) is 3.21. The van der Waals surface area contributed by atoms with Crippen molar-refractivity contribution in [2.75, 3.05) is 13.1 Å². The highest BCUT2D eigenvalue weighted by molar-refractivity contribution is 8.01. The van der Waals surface area contributed by atoms with Crippen molar-refractivity contribution < 1.29 is 9.21 Å². The van der Waals surface area contributed by atoms with E-state index in [0.717, 1.165) is 14.2 Å². The Hall–Kier alpha value is -1.31. The summed E-state index contributed by atoms with van der Waals surface area (Å²) in [6, 6.07) is 4.59. The molecule has 5 nitrogen and oxygen atoms in total. The van der Waals surface area contributed by atoms with E-state index in [1.807, 2.05) is 19.1 Å². The van der Waals surface area contributed by atoms with Gasteiger partial charge in [-0.3, -0.25) is 9.69 Å². The topological polar surface area (TPSA) is 58.4 Å². The van der Waals surface area contributed by atoms with Gasteiger partial charge in [0.15, 0.2) is 11.0 Å². The van der Waals surface area contributed by atoms with Crippen molar-refractivity contribution in [3.05, 3.63) is 29.1 Å². The number of rotatable bonds is 4. The van der Waals surface area contributed by atoms with Gasteiger partial charge in [0, 0.05) is 19.0 Å². The number of hydrogen-bond donors (Lipinski definition) is 1. The lowest BCUT2D eigenvalue weighted by atomic mass is 9.79. The normalized spacial score (nSPS) is 28.9. The monoisotopic (exact) mass is 363 g/mol. The number of amides is 1. The second kappa shape index (κ2) is 6.54. The molecule has 5 rings (SSSR count). The standard InChI is InChI=1S/C17H21N3O2S2/c1-10-16(12-5-7-20(10)8-6-12)19-17(21)13-3-4-15(23-13)24-14-9-18-11(2)22-14/h3-4,9-10,12,16H,5-8H2,1-2H3,(H,19,21). The summed E-state index contributed by atoms with van der Waals surface area (Å²) in [6.07, 6.45) is 4.12. The molecular formula is C17H21N3O2S2. The molecule has 3 saturated heterocycles.